The molecule has 1 rings (SSSR count). The van der Waals surface area contributed by atoms with Gasteiger partial charge < -0.3 is 4.52 Å². The maximum Gasteiger partial charge on any atom is 0.389 e. The molecular weight excluding hydrogens is 373 g/mol. The van der Waals surface area contributed by atoms with Gasteiger partial charge in [0.15, 0.2) is 9.84 Å². The van der Waals surface area contributed by atoms with E-state index < -0.39 is 51.7 Å². The number of amides is 1. The van der Waals surface area contributed by atoms with Crippen molar-refractivity contribution in [2.24, 2.45) is 5.41 Å². The van der Waals surface area contributed by atoms with Crippen LogP contribution in [0.15, 0.2) is 10.6 Å². The van der Waals surface area contributed by atoms with Crippen LogP contribution in [-0.4, -0.2) is 37.2 Å². The van der Waals surface area contributed by atoms with Gasteiger partial charge in [-0.05, 0) is 6.42 Å². The van der Waals surface area contributed by atoms with Gasteiger partial charge in [0, 0.05) is 17.9 Å². The zero-order chi connectivity index (χ0) is 20.4. The fraction of sp³-hybridized carbons (Fsp3) is 0.750. The van der Waals surface area contributed by atoms with Crippen molar-refractivity contribution >= 4 is 21.6 Å². The van der Waals surface area contributed by atoms with E-state index >= 15 is 0 Å². The van der Waals surface area contributed by atoms with Crippen LogP contribution in [0.25, 0.3) is 0 Å². The Bertz CT molecular complexity index is 731. The Kier molecular flexibility index (Phi) is 6.54. The van der Waals surface area contributed by atoms with Crippen LogP contribution in [0.4, 0.5) is 19.1 Å². The first-order chi connectivity index (χ1) is 11.5. The molecule has 1 aromatic rings. The fourth-order valence-corrected chi connectivity index (χ4v) is 4.11. The maximum atomic E-state index is 12.4. The highest BCUT2D eigenvalue weighted by Crippen LogP contribution is 2.27. The number of anilines is 1. The Balaban J connectivity index is 2.71. The van der Waals surface area contributed by atoms with E-state index in [4.69, 9.17) is 4.52 Å². The third-order valence-corrected chi connectivity index (χ3v) is 5.70. The molecule has 0 atom stereocenters. The van der Waals surface area contributed by atoms with Crippen molar-refractivity contribution in [2.75, 3.05) is 16.8 Å². The van der Waals surface area contributed by atoms with E-state index in [-0.39, 0.29) is 11.3 Å². The summed E-state index contributed by atoms with van der Waals surface area (Å²) in [5.74, 6) is -1.72. The molecule has 1 amide bonds. The molecule has 0 aromatic carbocycles. The fourth-order valence-electron chi connectivity index (χ4n) is 2.15. The van der Waals surface area contributed by atoms with Crippen molar-refractivity contribution in [3.63, 3.8) is 0 Å². The molecule has 150 valence electrons. The Morgan fingerprint density at radius 2 is 1.77 bits per heavy atom. The first-order valence-corrected chi connectivity index (χ1v) is 9.90. The quantitative estimate of drug-likeness (QED) is 0.757. The van der Waals surface area contributed by atoms with Crippen LogP contribution in [0.1, 0.15) is 53.2 Å². The minimum Gasteiger partial charge on any atom is -0.338 e. The van der Waals surface area contributed by atoms with E-state index in [9.17, 15) is 26.4 Å². The second kappa shape index (κ2) is 7.58. The summed E-state index contributed by atoms with van der Waals surface area (Å²) in [6.45, 7) is 8.55. The molecule has 10 heteroatoms. The largest absolute Gasteiger partial charge is 0.389 e. The zero-order valence-electron chi connectivity index (χ0n) is 15.5. The number of hydrogen-bond acceptors (Lipinski definition) is 5. The summed E-state index contributed by atoms with van der Waals surface area (Å²) in [5.41, 5.74) is -1.01. The van der Waals surface area contributed by atoms with E-state index in [2.05, 4.69) is 10.5 Å². The van der Waals surface area contributed by atoms with Crippen LogP contribution in [-0.2, 0) is 20.0 Å². The third-order valence-electron chi connectivity index (χ3n) is 3.63. The number of carbonyl (C=O) groups excluding carboxylic acids is 1. The summed E-state index contributed by atoms with van der Waals surface area (Å²) >= 11 is 0. The lowest BCUT2D eigenvalue weighted by molar-refractivity contribution is -0.134. The Morgan fingerprint density at radius 1 is 1.19 bits per heavy atom. The van der Waals surface area contributed by atoms with Crippen molar-refractivity contribution in [1.82, 2.24) is 5.16 Å². The summed E-state index contributed by atoms with van der Waals surface area (Å²) in [4.78, 5) is 12.4. The van der Waals surface area contributed by atoms with E-state index in [1.54, 1.807) is 6.07 Å². The average Bonchev–Trinajstić information content (AvgIpc) is 2.83. The molecule has 1 aromatic heterocycles. The SMILES string of the molecule is CC(C)(CS(=O)(=O)CCCC(F)(F)F)C(=O)Nc1cc(C(C)(C)C)no1. The number of nitrogens with one attached hydrogen (secondary N) is 1. The van der Waals surface area contributed by atoms with Gasteiger partial charge in [0.1, 0.15) is 0 Å². The number of sulfone groups is 1. The normalized spacial score (nSPS) is 13.7. The lowest BCUT2D eigenvalue weighted by Gasteiger charge is -2.22. The maximum absolute atomic E-state index is 12.4. The molecule has 0 aliphatic heterocycles. The van der Waals surface area contributed by atoms with Gasteiger partial charge in [-0.25, -0.2) is 8.42 Å². The number of aromatic nitrogens is 1. The highest BCUT2D eigenvalue weighted by molar-refractivity contribution is 7.91. The standard InChI is InChI=1S/C16H25F3N2O4S/c1-14(2,3)11-9-12(25-21-11)20-13(22)15(4,5)10-26(23,24)8-6-7-16(17,18)19/h9H,6-8,10H2,1-5H3,(H,20,22). The molecule has 0 saturated carbocycles. The van der Waals surface area contributed by atoms with Gasteiger partial charge in [-0.2, -0.15) is 13.2 Å². The van der Waals surface area contributed by atoms with Crippen LogP contribution >= 0.6 is 0 Å². The highest BCUT2D eigenvalue weighted by Gasteiger charge is 2.35. The summed E-state index contributed by atoms with van der Waals surface area (Å²) < 4.78 is 65.6. The number of halogens is 3. The minimum absolute atomic E-state index is 0.0856. The second-order valence-corrected chi connectivity index (χ2v) is 10.2. The second-order valence-electron chi connectivity index (χ2n) is 7.98. The number of nitrogens with zero attached hydrogens (tertiary/aromatic N) is 1. The molecule has 6 nitrogen and oxygen atoms in total. The van der Waals surface area contributed by atoms with Crippen LogP contribution in [0.5, 0.6) is 0 Å². The monoisotopic (exact) mass is 398 g/mol. The molecule has 0 aliphatic rings. The summed E-state index contributed by atoms with van der Waals surface area (Å²) in [6.07, 6.45) is -6.10. The van der Waals surface area contributed by atoms with Crippen LogP contribution in [0, 0.1) is 5.41 Å². The van der Waals surface area contributed by atoms with Gasteiger partial charge in [0.2, 0.25) is 11.8 Å². The summed E-state index contributed by atoms with van der Waals surface area (Å²) in [5, 5.41) is 6.31. The zero-order valence-corrected chi connectivity index (χ0v) is 16.3. The number of rotatable bonds is 7. The van der Waals surface area contributed by atoms with Crippen molar-refractivity contribution in [2.45, 2.75) is 59.1 Å². The predicted octanol–water partition coefficient (Wildman–Crippen LogP) is 3.69. The van der Waals surface area contributed by atoms with E-state index in [0.717, 1.165) is 0 Å². The smallest absolute Gasteiger partial charge is 0.338 e. The van der Waals surface area contributed by atoms with Crippen LogP contribution in [0.2, 0.25) is 0 Å². The van der Waals surface area contributed by atoms with Crippen LogP contribution in [0.3, 0.4) is 0 Å². The van der Waals surface area contributed by atoms with Crippen molar-refractivity contribution in [3.8, 4) is 0 Å². The lowest BCUT2D eigenvalue weighted by Crippen LogP contribution is -2.37. The van der Waals surface area contributed by atoms with Crippen molar-refractivity contribution in [1.29, 1.82) is 0 Å². The number of hydrogen-bond donors (Lipinski definition) is 1. The highest BCUT2D eigenvalue weighted by atomic mass is 32.2. The van der Waals surface area contributed by atoms with E-state index in [1.165, 1.54) is 13.8 Å². The average molecular weight is 398 g/mol. The van der Waals surface area contributed by atoms with E-state index in [1.807, 2.05) is 20.8 Å². The third kappa shape index (κ3) is 7.35. The number of carbonyl (C=O) groups is 1. The summed E-state index contributed by atoms with van der Waals surface area (Å²) in [6, 6.07) is 1.55. The van der Waals surface area contributed by atoms with Crippen LogP contribution < -0.4 is 5.32 Å². The van der Waals surface area contributed by atoms with Gasteiger partial charge in [-0.1, -0.05) is 39.8 Å². The van der Waals surface area contributed by atoms with Gasteiger partial charge in [-0.15, -0.1) is 0 Å². The lowest BCUT2D eigenvalue weighted by atomic mass is 9.92. The molecule has 0 saturated heterocycles. The predicted molar refractivity (Wildman–Crippen MR) is 91.6 cm³/mol. The molecule has 26 heavy (non-hydrogen) atoms. The molecule has 1 N–H and O–H groups in total. The molecule has 1 heterocycles. The van der Waals surface area contributed by atoms with Gasteiger partial charge in [0.25, 0.3) is 0 Å². The molecular formula is C16H25F3N2O4S. The molecule has 0 fully saturated rings. The topological polar surface area (TPSA) is 89.3 Å². The van der Waals surface area contributed by atoms with Crippen molar-refractivity contribution in [3.05, 3.63) is 11.8 Å². The Morgan fingerprint density at radius 3 is 2.23 bits per heavy atom. The minimum atomic E-state index is -4.40. The molecule has 0 spiro atoms. The Labute approximate surface area is 151 Å². The Hall–Kier alpha value is -1.58. The molecule has 0 bridgehead atoms. The van der Waals surface area contributed by atoms with E-state index in [0.29, 0.717) is 5.69 Å². The van der Waals surface area contributed by atoms with Gasteiger partial charge in [-0.3, -0.25) is 10.1 Å². The van der Waals surface area contributed by atoms with Gasteiger partial charge in [0.05, 0.1) is 22.6 Å². The first kappa shape index (κ1) is 22.5. The summed E-state index contributed by atoms with van der Waals surface area (Å²) in [7, 11) is -3.82. The molecule has 0 radical (unpaired) electrons. The molecule has 0 aliphatic carbocycles. The first-order valence-electron chi connectivity index (χ1n) is 8.08. The number of alkyl halides is 3. The van der Waals surface area contributed by atoms with Gasteiger partial charge >= 0.3 is 6.18 Å². The van der Waals surface area contributed by atoms with Crippen molar-refractivity contribution < 1.29 is 30.9 Å². The molecule has 0 unspecified atom stereocenters.